The number of allylic oxidation sites excluding steroid dienone is 2. The van der Waals surface area contributed by atoms with Crippen molar-refractivity contribution >= 4 is 11.8 Å². The number of carbonyl (C=O) groups excluding carboxylic acids is 2. The fraction of sp³-hybridized carbons (Fsp3) is 0.750. The summed E-state index contributed by atoms with van der Waals surface area (Å²) in [7, 11) is 0. The monoisotopic (exact) mass is 370 g/mol. The Labute approximate surface area is 163 Å². The fourth-order valence-corrected chi connectivity index (χ4v) is 7.50. The van der Waals surface area contributed by atoms with Gasteiger partial charge in [-0.05, 0) is 80.1 Å². The van der Waals surface area contributed by atoms with Gasteiger partial charge in [0.1, 0.15) is 6.10 Å². The molecule has 0 bridgehead atoms. The highest BCUT2D eigenvalue weighted by atomic mass is 16.5. The predicted molar refractivity (Wildman–Crippen MR) is 106 cm³/mol. The fourth-order valence-electron chi connectivity index (χ4n) is 7.50. The number of carbonyl (C=O) groups is 2. The average Bonchev–Trinajstić information content (AvgIpc) is 2.92. The molecule has 27 heavy (non-hydrogen) atoms. The Morgan fingerprint density at radius 3 is 2.74 bits per heavy atom. The molecule has 0 aromatic carbocycles. The molecule has 0 spiro atoms. The van der Waals surface area contributed by atoms with Crippen molar-refractivity contribution in [1.29, 1.82) is 0 Å². The minimum absolute atomic E-state index is 0.0722. The van der Waals surface area contributed by atoms with E-state index < -0.39 is 0 Å². The van der Waals surface area contributed by atoms with Crippen LogP contribution in [0, 0.1) is 34.5 Å². The van der Waals surface area contributed by atoms with Crippen LogP contribution in [0.15, 0.2) is 24.3 Å². The summed E-state index contributed by atoms with van der Waals surface area (Å²) in [5.74, 6) is 2.65. The molecule has 3 heteroatoms. The van der Waals surface area contributed by atoms with Gasteiger partial charge in [-0.15, -0.1) is 6.58 Å². The number of ketones is 1. The molecular weight excluding hydrogens is 336 g/mol. The predicted octanol–water partition coefficient (Wildman–Crippen LogP) is 5.25. The van der Waals surface area contributed by atoms with Crippen LogP contribution in [0.5, 0.6) is 0 Å². The number of ether oxygens (including phenoxy) is 1. The normalized spacial score (nSPS) is 46.0. The summed E-state index contributed by atoms with van der Waals surface area (Å²) in [4.78, 5) is 23.8. The van der Waals surface area contributed by atoms with Gasteiger partial charge in [-0.1, -0.05) is 25.5 Å². The number of fused-ring (bicyclic) bond motifs is 5. The summed E-state index contributed by atoms with van der Waals surface area (Å²) in [6.07, 6.45) is 12.4. The van der Waals surface area contributed by atoms with Crippen LogP contribution in [0.1, 0.15) is 72.1 Å². The van der Waals surface area contributed by atoms with Crippen LogP contribution >= 0.6 is 0 Å². The van der Waals surface area contributed by atoms with Crippen molar-refractivity contribution in [2.45, 2.75) is 78.2 Å². The lowest BCUT2D eigenvalue weighted by Gasteiger charge is -2.60. The Kier molecular flexibility index (Phi) is 4.63. The second kappa shape index (κ2) is 6.60. The van der Waals surface area contributed by atoms with Gasteiger partial charge in [-0.3, -0.25) is 9.59 Å². The van der Waals surface area contributed by atoms with Gasteiger partial charge in [-0.2, -0.15) is 0 Å². The maximum absolute atomic E-state index is 12.1. The highest BCUT2D eigenvalue weighted by Crippen LogP contribution is 2.67. The third-order valence-corrected chi connectivity index (χ3v) is 8.83. The second-order valence-electron chi connectivity index (χ2n) is 10.1. The number of esters is 1. The van der Waals surface area contributed by atoms with Gasteiger partial charge in [0, 0.05) is 18.8 Å². The molecule has 0 aliphatic heterocycles. The zero-order valence-corrected chi connectivity index (χ0v) is 17.1. The topological polar surface area (TPSA) is 43.4 Å². The molecule has 0 aromatic heterocycles. The van der Waals surface area contributed by atoms with Gasteiger partial charge >= 0.3 is 5.97 Å². The molecule has 0 N–H and O–H groups in total. The van der Waals surface area contributed by atoms with Crippen molar-refractivity contribution in [3.05, 3.63) is 24.3 Å². The summed E-state index contributed by atoms with van der Waals surface area (Å²) in [5, 5.41) is 0. The molecule has 2 unspecified atom stereocenters. The van der Waals surface area contributed by atoms with Crippen molar-refractivity contribution < 1.29 is 14.3 Å². The number of hydrogen-bond acceptors (Lipinski definition) is 3. The zero-order valence-electron chi connectivity index (χ0n) is 17.1. The maximum atomic E-state index is 12.1. The lowest BCUT2D eigenvalue weighted by molar-refractivity contribution is -0.158. The third-order valence-electron chi connectivity index (χ3n) is 8.83. The van der Waals surface area contributed by atoms with E-state index in [9.17, 15) is 9.59 Å². The third kappa shape index (κ3) is 2.84. The first-order valence-electron chi connectivity index (χ1n) is 10.8. The summed E-state index contributed by atoms with van der Waals surface area (Å²) in [5.41, 5.74) is 1.69. The molecule has 4 rings (SSSR count). The smallest absolute Gasteiger partial charge is 0.302 e. The van der Waals surface area contributed by atoms with Crippen molar-refractivity contribution in [3.8, 4) is 0 Å². The van der Waals surface area contributed by atoms with E-state index in [1.54, 1.807) is 6.92 Å². The Hall–Kier alpha value is -1.38. The van der Waals surface area contributed by atoms with E-state index >= 15 is 0 Å². The molecule has 0 heterocycles. The Bertz CT molecular complexity index is 692. The molecule has 0 amide bonds. The maximum Gasteiger partial charge on any atom is 0.302 e. The largest absolute Gasteiger partial charge is 0.462 e. The minimum Gasteiger partial charge on any atom is -0.462 e. The SMILES string of the molecule is C=CCC1CC2=CC(=O)CC[C@]2(C)[C@@H]2CC[C@]3(C)C(OC(C)=O)CC[C@H]3[C@H]12. The molecule has 0 saturated heterocycles. The first-order valence-corrected chi connectivity index (χ1v) is 10.8. The van der Waals surface area contributed by atoms with Crippen molar-refractivity contribution in [1.82, 2.24) is 0 Å². The van der Waals surface area contributed by atoms with Gasteiger partial charge in [0.2, 0.25) is 0 Å². The van der Waals surface area contributed by atoms with E-state index in [1.807, 2.05) is 6.08 Å². The number of hydrogen-bond donors (Lipinski definition) is 0. The number of rotatable bonds is 3. The lowest BCUT2D eigenvalue weighted by atomic mass is 9.44. The van der Waals surface area contributed by atoms with Gasteiger partial charge < -0.3 is 4.74 Å². The first-order chi connectivity index (χ1) is 12.8. The summed E-state index contributed by atoms with van der Waals surface area (Å²) in [6, 6.07) is 0. The molecule has 3 nitrogen and oxygen atoms in total. The molecule has 0 radical (unpaired) electrons. The van der Waals surface area contributed by atoms with Crippen LogP contribution in [0.4, 0.5) is 0 Å². The van der Waals surface area contributed by atoms with Gasteiger partial charge in [0.25, 0.3) is 0 Å². The van der Waals surface area contributed by atoms with E-state index in [0.717, 1.165) is 38.5 Å². The van der Waals surface area contributed by atoms with Crippen LogP contribution in [0.25, 0.3) is 0 Å². The Morgan fingerprint density at radius 1 is 1.26 bits per heavy atom. The van der Waals surface area contributed by atoms with Crippen LogP contribution in [0.3, 0.4) is 0 Å². The van der Waals surface area contributed by atoms with Crippen LogP contribution in [-0.2, 0) is 14.3 Å². The molecule has 4 aliphatic carbocycles. The minimum atomic E-state index is -0.141. The van der Waals surface area contributed by atoms with E-state index in [1.165, 1.54) is 12.0 Å². The first kappa shape index (κ1) is 19.0. The highest BCUT2D eigenvalue weighted by molar-refractivity contribution is 5.91. The molecule has 148 valence electrons. The van der Waals surface area contributed by atoms with E-state index in [-0.39, 0.29) is 22.9 Å². The molecule has 3 saturated carbocycles. The molecule has 4 aliphatic rings. The van der Waals surface area contributed by atoms with Gasteiger partial charge in [0.15, 0.2) is 5.78 Å². The Morgan fingerprint density at radius 2 is 2.04 bits per heavy atom. The van der Waals surface area contributed by atoms with Gasteiger partial charge in [-0.25, -0.2) is 0 Å². The molecular formula is C24H34O3. The van der Waals surface area contributed by atoms with Crippen LogP contribution in [-0.4, -0.2) is 17.9 Å². The standard InChI is InChI=1S/C24H34O3/c1-5-6-16-13-17-14-18(26)9-11-23(17,3)20-10-12-24(4)19(22(16)20)7-8-21(24)27-15(2)25/h5,14,16,19-22H,1,6-13H2,2-4H3/t16?,19-,20+,21?,22-,23-,24-/m0/s1. The summed E-state index contributed by atoms with van der Waals surface area (Å²) >= 11 is 0. The quantitative estimate of drug-likeness (QED) is 0.503. The van der Waals surface area contributed by atoms with E-state index in [4.69, 9.17) is 4.74 Å². The van der Waals surface area contributed by atoms with Crippen LogP contribution < -0.4 is 0 Å². The van der Waals surface area contributed by atoms with Crippen LogP contribution in [0.2, 0.25) is 0 Å². The average molecular weight is 371 g/mol. The molecule has 0 aromatic rings. The zero-order chi connectivity index (χ0) is 19.4. The summed E-state index contributed by atoms with van der Waals surface area (Å²) < 4.78 is 5.79. The highest BCUT2D eigenvalue weighted by Gasteiger charge is 2.61. The van der Waals surface area contributed by atoms with E-state index in [0.29, 0.717) is 35.9 Å². The molecule has 7 atom stereocenters. The van der Waals surface area contributed by atoms with Crippen molar-refractivity contribution in [2.75, 3.05) is 0 Å². The van der Waals surface area contributed by atoms with E-state index in [2.05, 4.69) is 26.5 Å². The summed E-state index contributed by atoms with van der Waals surface area (Å²) in [6.45, 7) is 10.4. The van der Waals surface area contributed by atoms with Crippen molar-refractivity contribution in [2.24, 2.45) is 34.5 Å². The second-order valence-corrected chi connectivity index (χ2v) is 10.1. The lowest BCUT2D eigenvalue weighted by Crippen LogP contribution is -2.54. The van der Waals surface area contributed by atoms with Crippen molar-refractivity contribution in [3.63, 3.8) is 0 Å². The Balaban J connectivity index is 1.71. The van der Waals surface area contributed by atoms with Gasteiger partial charge in [0.05, 0.1) is 0 Å². The molecule has 3 fully saturated rings.